The number of aromatic nitrogens is 1. The lowest BCUT2D eigenvalue weighted by molar-refractivity contribution is -0.119. The van der Waals surface area contributed by atoms with E-state index in [1.165, 1.54) is 6.92 Å². The summed E-state index contributed by atoms with van der Waals surface area (Å²) in [6.07, 6.45) is 3.83. The summed E-state index contributed by atoms with van der Waals surface area (Å²) in [4.78, 5) is 29.3. The van der Waals surface area contributed by atoms with Crippen LogP contribution in [0.3, 0.4) is 0 Å². The molecule has 1 aromatic heterocycles. The van der Waals surface area contributed by atoms with Crippen molar-refractivity contribution in [2.45, 2.75) is 18.9 Å². The van der Waals surface area contributed by atoms with Crippen molar-refractivity contribution < 1.29 is 14.3 Å². The summed E-state index contributed by atoms with van der Waals surface area (Å²) in [6, 6.07) is 9.96. The van der Waals surface area contributed by atoms with Crippen molar-refractivity contribution in [2.75, 3.05) is 18.1 Å². The first kappa shape index (κ1) is 14.7. The zero-order chi connectivity index (χ0) is 16.7. The van der Waals surface area contributed by atoms with Crippen LogP contribution < -0.4 is 10.2 Å². The van der Waals surface area contributed by atoms with Crippen LogP contribution in [-0.4, -0.2) is 35.7 Å². The highest BCUT2D eigenvalue weighted by Crippen LogP contribution is 2.44. The number of nitrogens with one attached hydrogen (secondary N) is 1. The van der Waals surface area contributed by atoms with Gasteiger partial charge in [-0.05, 0) is 41.0 Å². The highest BCUT2D eigenvalue weighted by atomic mass is 16.6. The molecular formula is C18H17N3O3. The number of anilines is 1. The van der Waals surface area contributed by atoms with E-state index in [4.69, 9.17) is 4.74 Å². The van der Waals surface area contributed by atoms with E-state index in [0.717, 1.165) is 22.4 Å². The summed E-state index contributed by atoms with van der Waals surface area (Å²) >= 11 is 0. The van der Waals surface area contributed by atoms with Crippen LogP contribution in [0.1, 0.15) is 12.5 Å². The molecular weight excluding hydrogens is 306 g/mol. The monoisotopic (exact) mass is 323 g/mol. The molecule has 0 spiro atoms. The van der Waals surface area contributed by atoms with Gasteiger partial charge in [0.05, 0.1) is 5.69 Å². The number of carbonyl (C=O) groups excluding carboxylic acids is 2. The molecule has 1 saturated heterocycles. The lowest BCUT2D eigenvalue weighted by atomic mass is 9.94. The highest BCUT2D eigenvalue weighted by molar-refractivity contribution is 5.95. The Balaban J connectivity index is 1.71. The van der Waals surface area contributed by atoms with Crippen LogP contribution in [0.4, 0.5) is 10.5 Å². The molecule has 1 fully saturated rings. The number of rotatable bonds is 3. The van der Waals surface area contributed by atoms with Crippen LogP contribution in [-0.2, 0) is 16.0 Å². The molecule has 1 N–H and O–H groups in total. The van der Waals surface area contributed by atoms with Crippen molar-refractivity contribution in [3.8, 4) is 11.1 Å². The molecule has 1 atom stereocenters. The Morgan fingerprint density at radius 2 is 2.08 bits per heavy atom. The molecule has 0 aliphatic carbocycles. The van der Waals surface area contributed by atoms with E-state index in [-0.39, 0.29) is 18.6 Å². The molecule has 2 aliphatic rings. The van der Waals surface area contributed by atoms with E-state index < -0.39 is 5.54 Å². The second kappa shape index (κ2) is 5.33. The van der Waals surface area contributed by atoms with Crippen molar-refractivity contribution in [3.05, 3.63) is 48.3 Å². The van der Waals surface area contributed by atoms with Gasteiger partial charge in [-0.15, -0.1) is 0 Å². The summed E-state index contributed by atoms with van der Waals surface area (Å²) in [7, 11) is 0. The number of ether oxygens (including phenoxy) is 1. The van der Waals surface area contributed by atoms with E-state index in [9.17, 15) is 9.59 Å². The Hall–Kier alpha value is -2.89. The van der Waals surface area contributed by atoms with Gasteiger partial charge in [-0.1, -0.05) is 6.07 Å². The van der Waals surface area contributed by atoms with Gasteiger partial charge >= 0.3 is 6.09 Å². The molecule has 0 radical (unpaired) electrons. The number of cyclic esters (lactones) is 1. The van der Waals surface area contributed by atoms with Crippen LogP contribution in [0.25, 0.3) is 11.1 Å². The Morgan fingerprint density at radius 1 is 1.29 bits per heavy atom. The van der Waals surface area contributed by atoms with Gasteiger partial charge in [0.15, 0.2) is 0 Å². The second-order valence-electron chi connectivity index (χ2n) is 6.28. The molecule has 6 nitrogen and oxygen atoms in total. The minimum absolute atomic E-state index is 0.114. The fourth-order valence-corrected chi connectivity index (χ4v) is 3.51. The average molecular weight is 323 g/mol. The molecule has 3 heterocycles. The number of amides is 2. The highest BCUT2D eigenvalue weighted by Gasteiger charge is 2.53. The standard InChI is InChI=1S/C18H17N3O3/c1-12(22)20-10-18-9-15-8-14(13-4-6-19-7-5-13)2-3-16(15)21(18)17(23)24-11-18/h2-8H,9-11H2,1H3,(H,20,22). The molecule has 2 aliphatic heterocycles. The smallest absolute Gasteiger partial charge is 0.415 e. The van der Waals surface area contributed by atoms with Crippen molar-refractivity contribution >= 4 is 17.7 Å². The van der Waals surface area contributed by atoms with Crippen LogP contribution in [0, 0.1) is 0 Å². The largest absolute Gasteiger partial charge is 0.447 e. The van der Waals surface area contributed by atoms with E-state index >= 15 is 0 Å². The van der Waals surface area contributed by atoms with Crippen molar-refractivity contribution in [3.63, 3.8) is 0 Å². The first-order valence-electron chi connectivity index (χ1n) is 7.84. The molecule has 2 aromatic rings. The van der Waals surface area contributed by atoms with Gasteiger partial charge in [-0.25, -0.2) is 4.79 Å². The summed E-state index contributed by atoms with van der Waals surface area (Å²) < 4.78 is 5.25. The van der Waals surface area contributed by atoms with Gasteiger partial charge in [0.1, 0.15) is 12.1 Å². The first-order valence-corrected chi connectivity index (χ1v) is 7.84. The van der Waals surface area contributed by atoms with Gasteiger partial charge in [0.25, 0.3) is 0 Å². The van der Waals surface area contributed by atoms with Gasteiger partial charge < -0.3 is 10.1 Å². The third-order valence-electron chi connectivity index (χ3n) is 4.64. The summed E-state index contributed by atoms with van der Waals surface area (Å²) in [5.41, 5.74) is 3.59. The topological polar surface area (TPSA) is 71.5 Å². The lowest BCUT2D eigenvalue weighted by Gasteiger charge is -2.28. The average Bonchev–Trinajstić information content (AvgIpc) is 3.08. The van der Waals surface area contributed by atoms with Crippen LogP contribution >= 0.6 is 0 Å². The number of fused-ring (bicyclic) bond motifs is 3. The van der Waals surface area contributed by atoms with E-state index in [0.29, 0.717) is 13.0 Å². The second-order valence-corrected chi connectivity index (χ2v) is 6.28. The summed E-state index contributed by atoms with van der Waals surface area (Å²) in [6.45, 7) is 2.14. The van der Waals surface area contributed by atoms with Crippen LogP contribution in [0.5, 0.6) is 0 Å². The number of hydrogen-bond acceptors (Lipinski definition) is 4. The van der Waals surface area contributed by atoms with Gasteiger partial charge in [0.2, 0.25) is 5.91 Å². The fraction of sp³-hybridized carbons (Fsp3) is 0.278. The van der Waals surface area contributed by atoms with Crippen LogP contribution in [0.15, 0.2) is 42.7 Å². The molecule has 0 saturated carbocycles. The molecule has 0 bridgehead atoms. The number of hydrogen-bond donors (Lipinski definition) is 1. The van der Waals surface area contributed by atoms with Gasteiger partial charge in [0, 0.05) is 32.3 Å². The zero-order valence-corrected chi connectivity index (χ0v) is 13.3. The van der Waals surface area contributed by atoms with Crippen LogP contribution in [0.2, 0.25) is 0 Å². The molecule has 6 heteroatoms. The molecule has 24 heavy (non-hydrogen) atoms. The number of carbonyl (C=O) groups is 2. The molecule has 1 aromatic carbocycles. The lowest BCUT2D eigenvalue weighted by Crippen LogP contribution is -2.53. The summed E-state index contributed by atoms with van der Waals surface area (Å²) in [5.74, 6) is -0.114. The SMILES string of the molecule is CC(=O)NCC12COC(=O)N1c1ccc(-c3ccncc3)cc1C2. The van der Waals surface area contributed by atoms with E-state index in [1.54, 1.807) is 17.3 Å². The van der Waals surface area contributed by atoms with Gasteiger partial charge in [-0.2, -0.15) is 0 Å². The zero-order valence-electron chi connectivity index (χ0n) is 13.3. The molecule has 122 valence electrons. The third-order valence-corrected chi connectivity index (χ3v) is 4.64. The van der Waals surface area contributed by atoms with Gasteiger partial charge in [-0.3, -0.25) is 14.7 Å². The quantitative estimate of drug-likeness (QED) is 0.939. The third kappa shape index (κ3) is 2.22. The maximum Gasteiger partial charge on any atom is 0.415 e. The predicted molar refractivity (Wildman–Crippen MR) is 88.6 cm³/mol. The molecule has 1 unspecified atom stereocenters. The minimum atomic E-state index is -0.526. The Kier molecular flexibility index (Phi) is 3.26. The van der Waals surface area contributed by atoms with E-state index in [1.807, 2.05) is 24.3 Å². The maximum atomic E-state index is 12.2. The Bertz CT molecular complexity index is 822. The van der Waals surface area contributed by atoms with Crippen molar-refractivity contribution in [1.82, 2.24) is 10.3 Å². The molecule has 4 rings (SSSR count). The van der Waals surface area contributed by atoms with Crippen molar-refractivity contribution in [1.29, 1.82) is 0 Å². The minimum Gasteiger partial charge on any atom is -0.447 e. The first-order chi connectivity index (χ1) is 11.6. The number of benzene rings is 1. The fourth-order valence-electron chi connectivity index (χ4n) is 3.51. The normalized spacial score (nSPS) is 21.2. The Labute approximate surface area is 139 Å². The number of nitrogens with zero attached hydrogens (tertiary/aromatic N) is 2. The number of pyridine rings is 1. The maximum absolute atomic E-state index is 12.2. The van der Waals surface area contributed by atoms with Crippen molar-refractivity contribution in [2.24, 2.45) is 0 Å². The van der Waals surface area contributed by atoms with E-state index in [2.05, 4.69) is 16.4 Å². The summed E-state index contributed by atoms with van der Waals surface area (Å²) in [5, 5.41) is 2.83. The predicted octanol–water partition coefficient (Wildman–Crippen LogP) is 2.14. The molecule has 2 amide bonds. The Morgan fingerprint density at radius 3 is 2.83 bits per heavy atom.